The Labute approximate surface area is 79.6 Å². The van der Waals surface area contributed by atoms with E-state index in [1.54, 1.807) is 0 Å². The van der Waals surface area contributed by atoms with Crippen LogP contribution in [0, 0.1) is 11.8 Å². The van der Waals surface area contributed by atoms with Gasteiger partial charge in [0.05, 0.1) is 12.5 Å². The highest BCUT2D eigenvalue weighted by atomic mass is 16.5. The molecule has 0 aromatic carbocycles. The van der Waals surface area contributed by atoms with Crippen LogP contribution in [0.25, 0.3) is 0 Å². The largest absolute Gasteiger partial charge is 0.466 e. The van der Waals surface area contributed by atoms with E-state index in [0.717, 1.165) is 19.3 Å². The Morgan fingerprint density at radius 2 is 2.23 bits per heavy atom. The Bertz CT molecular complexity index is 182. The van der Waals surface area contributed by atoms with Gasteiger partial charge in [-0.25, -0.2) is 0 Å². The Morgan fingerprint density at radius 1 is 1.54 bits per heavy atom. The Morgan fingerprint density at radius 3 is 2.77 bits per heavy atom. The number of nitrogens with two attached hydrogens (primary N) is 1. The molecule has 0 bridgehead atoms. The molecule has 0 aromatic rings. The zero-order chi connectivity index (χ0) is 9.84. The van der Waals surface area contributed by atoms with Gasteiger partial charge in [0.25, 0.3) is 0 Å². The van der Waals surface area contributed by atoms with Crippen molar-refractivity contribution in [3.63, 3.8) is 0 Å². The molecular formula is C10H19NO2. The summed E-state index contributed by atoms with van der Waals surface area (Å²) >= 11 is 0. The van der Waals surface area contributed by atoms with E-state index < -0.39 is 0 Å². The first kappa shape index (κ1) is 10.5. The summed E-state index contributed by atoms with van der Waals surface area (Å²) in [5.41, 5.74) is 5.81. The Kier molecular flexibility index (Phi) is 3.72. The van der Waals surface area contributed by atoms with Crippen molar-refractivity contribution in [1.29, 1.82) is 0 Å². The van der Waals surface area contributed by atoms with Crippen LogP contribution in [0.15, 0.2) is 0 Å². The lowest BCUT2D eigenvalue weighted by molar-refractivity contribution is -0.151. The molecule has 0 aromatic heterocycles. The van der Waals surface area contributed by atoms with Crippen LogP contribution >= 0.6 is 0 Å². The second kappa shape index (κ2) is 4.61. The molecule has 0 radical (unpaired) electrons. The average molecular weight is 185 g/mol. The van der Waals surface area contributed by atoms with Crippen molar-refractivity contribution in [2.45, 2.75) is 39.2 Å². The fourth-order valence-electron chi connectivity index (χ4n) is 2.04. The van der Waals surface area contributed by atoms with Crippen LogP contribution in [-0.4, -0.2) is 18.6 Å². The molecule has 13 heavy (non-hydrogen) atoms. The number of hydrogen-bond acceptors (Lipinski definition) is 3. The molecule has 0 spiro atoms. The van der Waals surface area contributed by atoms with E-state index in [-0.39, 0.29) is 17.9 Å². The van der Waals surface area contributed by atoms with Crippen molar-refractivity contribution in [2.75, 3.05) is 6.61 Å². The molecule has 0 saturated heterocycles. The molecule has 3 atom stereocenters. The Hall–Kier alpha value is -0.570. The monoisotopic (exact) mass is 185 g/mol. The standard InChI is InChI=1S/C10H19NO2/c1-3-13-10(12)9-5-4-8(11)6-7(9)2/h7-9H,3-6,11H2,1-2H3/t7-,8?,9+/m1/s1. The van der Waals surface area contributed by atoms with Crippen molar-refractivity contribution in [3.05, 3.63) is 0 Å². The number of carbonyl (C=O) groups excluding carboxylic acids is 1. The third-order valence-electron chi connectivity index (χ3n) is 2.80. The lowest BCUT2D eigenvalue weighted by Crippen LogP contribution is -2.36. The molecule has 1 aliphatic rings. The van der Waals surface area contributed by atoms with Gasteiger partial charge < -0.3 is 10.5 Å². The van der Waals surface area contributed by atoms with E-state index in [0.29, 0.717) is 12.5 Å². The number of ether oxygens (including phenoxy) is 1. The fraction of sp³-hybridized carbons (Fsp3) is 0.900. The summed E-state index contributed by atoms with van der Waals surface area (Å²) in [6.07, 6.45) is 2.79. The number of hydrogen-bond donors (Lipinski definition) is 1. The minimum absolute atomic E-state index is 0.0399. The highest BCUT2D eigenvalue weighted by Gasteiger charge is 2.31. The van der Waals surface area contributed by atoms with Crippen molar-refractivity contribution >= 4 is 5.97 Å². The van der Waals surface area contributed by atoms with Crippen LogP contribution < -0.4 is 5.73 Å². The van der Waals surface area contributed by atoms with Gasteiger partial charge >= 0.3 is 5.97 Å². The first-order valence-corrected chi connectivity index (χ1v) is 5.07. The van der Waals surface area contributed by atoms with Crippen LogP contribution in [-0.2, 0) is 9.53 Å². The molecule has 1 rings (SSSR count). The van der Waals surface area contributed by atoms with Crippen LogP contribution in [0.1, 0.15) is 33.1 Å². The van der Waals surface area contributed by atoms with E-state index in [1.807, 2.05) is 6.92 Å². The maximum atomic E-state index is 11.5. The highest BCUT2D eigenvalue weighted by molar-refractivity contribution is 5.72. The summed E-state index contributed by atoms with van der Waals surface area (Å²) in [5.74, 6) is 0.421. The summed E-state index contributed by atoms with van der Waals surface area (Å²) in [6.45, 7) is 4.41. The van der Waals surface area contributed by atoms with Crippen molar-refractivity contribution in [2.24, 2.45) is 17.6 Å². The zero-order valence-electron chi connectivity index (χ0n) is 8.45. The van der Waals surface area contributed by atoms with Crippen molar-refractivity contribution < 1.29 is 9.53 Å². The quantitative estimate of drug-likeness (QED) is 0.660. The van der Waals surface area contributed by atoms with Gasteiger partial charge in [0.2, 0.25) is 0 Å². The molecule has 76 valence electrons. The molecule has 1 aliphatic carbocycles. The maximum absolute atomic E-state index is 11.5. The summed E-state index contributed by atoms with van der Waals surface area (Å²) < 4.78 is 5.01. The van der Waals surface area contributed by atoms with E-state index in [9.17, 15) is 4.79 Å². The van der Waals surface area contributed by atoms with E-state index in [2.05, 4.69) is 6.92 Å². The highest BCUT2D eigenvalue weighted by Crippen LogP contribution is 2.29. The van der Waals surface area contributed by atoms with E-state index in [4.69, 9.17) is 10.5 Å². The minimum atomic E-state index is -0.0399. The lowest BCUT2D eigenvalue weighted by Gasteiger charge is -2.30. The smallest absolute Gasteiger partial charge is 0.309 e. The molecule has 0 amide bonds. The third kappa shape index (κ3) is 2.69. The molecule has 3 nitrogen and oxygen atoms in total. The summed E-state index contributed by atoms with van der Waals surface area (Å²) in [5, 5.41) is 0. The molecule has 1 unspecified atom stereocenters. The molecule has 0 aliphatic heterocycles. The number of esters is 1. The maximum Gasteiger partial charge on any atom is 0.309 e. The first-order valence-electron chi connectivity index (χ1n) is 5.07. The summed E-state index contributed by atoms with van der Waals surface area (Å²) in [7, 11) is 0. The molecule has 1 fully saturated rings. The third-order valence-corrected chi connectivity index (χ3v) is 2.80. The second-order valence-electron chi connectivity index (χ2n) is 3.91. The zero-order valence-corrected chi connectivity index (χ0v) is 8.45. The number of rotatable bonds is 2. The molecule has 1 saturated carbocycles. The van der Waals surface area contributed by atoms with Gasteiger partial charge in [0.1, 0.15) is 0 Å². The second-order valence-corrected chi connectivity index (χ2v) is 3.91. The van der Waals surface area contributed by atoms with Crippen LogP contribution in [0.5, 0.6) is 0 Å². The molecule has 0 heterocycles. The SMILES string of the molecule is CCOC(=O)[C@H]1CCC(N)C[C@H]1C. The van der Waals surface area contributed by atoms with Gasteiger partial charge in [0.15, 0.2) is 0 Å². The van der Waals surface area contributed by atoms with Gasteiger partial charge in [-0.1, -0.05) is 6.92 Å². The first-order chi connectivity index (χ1) is 6.15. The van der Waals surface area contributed by atoms with Gasteiger partial charge in [-0.05, 0) is 32.1 Å². The van der Waals surface area contributed by atoms with Gasteiger partial charge in [-0.2, -0.15) is 0 Å². The van der Waals surface area contributed by atoms with Crippen LogP contribution in [0.4, 0.5) is 0 Å². The topological polar surface area (TPSA) is 52.3 Å². The molecule has 2 N–H and O–H groups in total. The average Bonchev–Trinajstić information content (AvgIpc) is 2.04. The number of carbonyl (C=O) groups is 1. The summed E-state index contributed by atoms with van der Waals surface area (Å²) in [4.78, 5) is 11.5. The molecular weight excluding hydrogens is 166 g/mol. The lowest BCUT2D eigenvalue weighted by atomic mass is 9.78. The van der Waals surface area contributed by atoms with Crippen LogP contribution in [0.3, 0.4) is 0 Å². The van der Waals surface area contributed by atoms with Gasteiger partial charge in [0, 0.05) is 6.04 Å². The van der Waals surface area contributed by atoms with Crippen molar-refractivity contribution in [1.82, 2.24) is 0 Å². The normalized spacial score (nSPS) is 34.2. The van der Waals surface area contributed by atoms with Crippen molar-refractivity contribution in [3.8, 4) is 0 Å². The molecule has 3 heteroatoms. The van der Waals surface area contributed by atoms with E-state index in [1.165, 1.54) is 0 Å². The predicted octanol–water partition coefficient (Wildman–Crippen LogP) is 1.31. The summed E-state index contributed by atoms with van der Waals surface area (Å²) in [6, 6.07) is 0.278. The predicted molar refractivity (Wildman–Crippen MR) is 51.1 cm³/mol. The Balaban J connectivity index is 2.45. The fourth-order valence-corrected chi connectivity index (χ4v) is 2.04. The van der Waals surface area contributed by atoms with E-state index >= 15 is 0 Å². The minimum Gasteiger partial charge on any atom is -0.466 e. The van der Waals surface area contributed by atoms with Gasteiger partial charge in [-0.3, -0.25) is 4.79 Å². The van der Waals surface area contributed by atoms with Gasteiger partial charge in [-0.15, -0.1) is 0 Å². The van der Waals surface area contributed by atoms with Crippen LogP contribution in [0.2, 0.25) is 0 Å².